The van der Waals surface area contributed by atoms with Crippen LogP contribution in [-0.4, -0.2) is 25.3 Å². The monoisotopic (exact) mass is 283 g/mol. The second-order valence-electron chi connectivity index (χ2n) is 6.50. The molecule has 1 N–H and O–H groups in total. The highest BCUT2D eigenvalue weighted by molar-refractivity contribution is 4.84. The minimum atomic E-state index is 0.453. The summed E-state index contributed by atoms with van der Waals surface area (Å²) in [4.78, 5) is 0. The zero-order valence-electron chi connectivity index (χ0n) is 14.1. The number of unbranched alkanes of at least 4 members (excludes halogenated alkanes) is 6. The number of rotatable bonds is 12. The molecule has 120 valence electrons. The fraction of sp³-hybridized carbons (Fsp3) is 1.00. The lowest BCUT2D eigenvalue weighted by atomic mass is 9.89. The summed E-state index contributed by atoms with van der Waals surface area (Å²) in [5.74, 6) is 0.738. The summed E-state index contributed by atoms with van der Waals surface area (Å²) >= 11 is 0. The Hall–Kier alpha value is -0.0800. The lowest BCUT2D eigenvalue weighted by molar-refractivity contribution is 0.0939. The number of hydrogen-bond donors (Lipinski definition) is 1. The first-order valence-corrected chi connectivity index (χ1v) is 9.14. The van der Waals surface area contributed by atoms with Gasteiger partial charge in [-0.15, -0.1) is 0 Å². The SMILES string of the molecule is CCCCCCCCCC(NCCC)C1CCOC1C. The minimum Gasteiger partial charge on any atom is -0.378 e. The third-order valence-corrected chi connectivity index (χ3v) is 4.73. The molecular weight excluding hydrogens is 246 g/mol. The Bertz CT molecular complexity index is 219. The molecule has 0 spiro atoms. The fourth-order valence-corrected chi connectivity index (χ4v) is 3.40. The molecule has 1 fully saturated rings. The van der Waals surface area contributed by atoms with Gasteiger partial charge in [0.05, 0.1) is 6.10 Å². The number of hydrogen-bond acceptors (Lipinski definition) is 2. The first-order chi connectivity index (χ1) is 9.79. The highest BCUT2D eigenvalue weighted by Gasteiger charge is 2.30. The Balaban J connectivity index is 2.16. The van der Waals surface area contributed by atoms with E-state index >= 15 is 0 Å². The smallest absolute Gasteiger partial charge is 0.0590 e. The van der Waals surface area contributed by atoms with E-state index in [0.717, 1.165) is 19.1 Å². The summed E-state index contributed by atoms with van der Waals surface area (Å²) < 4.78 is 5.76. The normalized spacial score (nSPS) is 24.1. The molecule has 1 heterocycles. The van der Waals surface area contributed by atoms with Crippen LogP contribution in [0.5, 0.6) is 0 Å². The zero-order chi connectivity index (χ0) is 14.6. The van der Waals surface area contributed by atoms with Crippen LogP contribution in [0, 0.1) is 5.92 Å². The van der Waals surface area contributed by atoms with Crippen molar-refractivity contribution in [2.75, 3.05) is 13.2 Å². The highest BCUT2D eigenvalue weighted by Crippen LogP contribution is 2.27. The molecule has 2 nitrogen and oxygen atoms in total. The Morgan fingerprint density at radius 1 is 1.00 bits per heavy atom. The molecule has 0 aromatic heterocycles. The molecule has 0 bridgehead atoms. The van der Waals surface area contributed by atoms with Gasteiger partial charge in [-0.1, -0.05) is 58.8 Å². The van der Waals surface area contributed by atoms with Gasteiger partial charge in [0.15, 0.2) is 0 Å². The van der Waals surface area contributed by atoms with E-state index in [2.05, 4.69) is 26.1 Å². The quantitative estimate of drug-likeness (QED) is 0.513. The van der Waals surface area contributed by atoms with E-state index < -0.39 is 0 Å². The lowest BCUT2D eigenvalue weighted by Gasteiger charge is -2.27. The largest absolute Gasteiger partial charge is 0.378 e. The van der Waals surface area contributed by atoms with Crippen LogP contribution >= 0.6 is 0 Å². The van der Waals surface area contributed by atoms with Gasteiger partial charge in [-0.25, -0.2) is 0 Å². The molecule has 0 aliphatic carbocycles. The summed E-state index contributed by atoms with van der Waals surface area (Å²) in [6, 6.07) is 0.683. The minimum absolute atomic E-state index is 0.453. The van der Waals surface area contributed by atoms with Crippen molar-refractivity contribution >= 4 is 0 Å². The molecule has 0 aromatic rings. The highest BCUT2D eigenvalue weighted by atomic mass is 16.5. The van der Waals surface area contributed by atoms with Crippen LogP contribution in [0.4, 0.5) is 0 Å². The van der Waals surface area contributed by atoms with Crippen molar-refractivity contribution < 1.29 is 4.74 Å². The summed E-state index contributed by atoms with van der Waals surface area (Å²) in [5, 5.41) is 3.77. The molecular formula is C18H37NO. The second-order valence-corrected chi connectivity index (χ2v) is 6.50. The average molecular weight is 284 g/mol. The van der Waals surface area contributed by atoms with E-state index in [1.165, 1.54) is 64.2 Å². The van der Waals surface area contributed by atoms with Crippen molar-refractivity contribution in [3.63, 3.8) is 0 Å². The molecule has 0 amide bonds. The van der Waals surface area contributed by atoms with Gasteiger partial charge in [0.25, 0.3) is 0 Å². The Kier molecular flexibility index (Phi) is 10.4. The lowest BCUT2D eigenvalue weighted by Crippen LogP contribution is -2.39. The van der Waals surface area contributed by atoms with E-state index in [9.17, 15) is 0 Å². The van der Waals surface area contributed by atoms with Crippen LogP contribution in [0.2, 0.25) is 0 Å². The maximum atomic E-state index is 5.76. The average Bonchev–Trinajstić information content (AvgIpc) is 2.87. The van der Waals surface area contributed by atoms with Crippen LogP contribution in [0.3, 0.4) is 0 Å². The van der Waals surface area contributed by atoms with Crippen molar-refractivity contribution in [2.45, 2.75) is 97.1 Å². The maximum Gasteiger partial charge on any atom is 0.0590 e. The van der Waals surface area contributed by atoms with Gasteiger partial charge in [0.1, 0.15) is 0 Å². The molecule has 0 saturated carbocycles. The van der Waals surface area contributed by atoms with Crippen molar-refractivity contribution in [2.24, 2.45) is 5.92 Å². The van der Waals surface area contributed by atoms with Crippen LogP contribution in [0.25, 0.3) is 0 Å². The third-order valence-electron chi connectivity index (χ3n) is 4.73. The first kappa shape index (κ1) is 18.0. The van der Waals surface area contributed by atoms with Crippen molar-refractivity contribution in [3.8, 4) is 0 Å². The summed E-state index contributed by atoms with van der Waals surface area (Å²) in [6.45, 7) is 8.92. The van der Waals surface area contributed by atoms with Gasteiger partial charge in [-0.3, -0.25) is 0 Å². The van der Waals surface area contributed by atoms with E-state index in [-0.39, 0.29) is 0 Å². The molecule has 20 heavy (non-hydrogen) atoms. The predicted octanol–water partition coefficient (Wildman–Crippen LogP) is 4.92. The second kappa shape index (κ2) is 11.6. The van der Waals surface area contributed by atoms with Crippen LogP contribution in [0.15, 0.2) is 0 Å². The van der Waals surface area contributed by atoms with Crippen molar-refractivity contribution in [1.29, 1.82) is 0 Å². The molecule has 3 unspecified atom stereocenters. The Morgan fingerprint density at radius 2 is 1.70 bits per heavy atom. The van der Waals surface area contributed by atoms with Gasteiger partial charge < -0.3 is 10.1 Å². The Labute approximate surface area is 127 Å². The molecule has 1 saturated heterocycles. The van der Waals surface area contributed by atoms with Crippen LogP contribution in [-0.2, 0) is 4.74 Å². The zero-order valence-corrected chi connectivity index (χ0v) is 14.1. The van der Waals surface area contributed by atoms with Crippen LogP contribution in [0.1, 0.15) is 85.0 Å². The van der Waals surface area contributed by atoms with Gasteiger partial charge in [-0.05, 0) is 32.7 Å². The van der Waals surface area contributed by atoms with E-state index in [1.807, 2.05) is 0 Å². The van der Waals surface area contributed by atoms with E-state index in [1.54, 1.807) is 0 Å². The number of ether oxygens (including phenoxy) is 1. The van der Waals surface area contributed by atoms with Gasteiger partial charge >= 0.3 is 0 Å². The topological polar surface area (TPSA) is 21.3 Å². The van der Waals surface area contributed by atoms with E-state index in [4.69, 9.17) is 4.74 Å². The Morgan fingerprint density at radius 3 is 2.30 bits per heavy atom. The van der Waals surface area contributed by atoms with Gasteiger partial charge in [-0.2, -0.15) is 0 Å². The summed E-state index contributed by atoms with van der Waals surface area (Å²) in [5.41, 5.74) is 0. The molecule has 2 heteroatoms. The maximum absolute atomic E-state index is 5.76. The van der Waals surface area contributed by atoms with Crippen molar-refractivity contribution in [3.05, 3.63) is 0 Å². The summed E-state index contributed by atoms with van der Waals surface area (Å²) in [7, 11) is 0. The van der Waals surface area contributed by atoms with Crippen molar-refractivity contribution in [1.82, 2.24) is 5.32 Å². The molecule has 0 aromatic carbocycles. The molecule has 1 rings (SSSR count). The van der Waals surface area contributed by atoms with Crippen LogP contribution < -0.4 is 5.32 Å². The molecule has 3 atom stereocenters. The first-order valence-electron chi connectivity index (χ1n) is 9.14. The molecule has 1 aliphatic heterocycles. The summed E-state index contributed by atoms with van der Waals surface area (Å²) in [6.07, 6.45) is 14.1. The molecule has 1 aliphatic rings. The molecule has 0 radical (unpaired) electrons. The van der Waals surface area contributed by atoms with Gasteiger partial charge in [0, 0.05) is 18.6 Å². The fourth-order valence-electron chi connectivity index (χ4n) is 3.40. The standard InChI is InChI=1S/C18H37NO/c1-4-6-7-8-9-10-11-12-18(19-14-5-2)17-13-15-20-16(17)3/h16-19H,4-15H2,1-3H3. The third kappa shape index (κ3) is 7.08. The van der Waals surface area contributed by atoms with Gasteiger partial charge in [0.2, 0.25) is 0 Å². The number of nitrogens with one attached hydrogen (secondary N) is 1. The van der Waals surface area contributed by atoms with E-state index in [0.29, 0.717) is 12.1 Å². The predicted molar refractivity (Wildman–Crippen MR) is 88.2 cm³/mol.